The van der Waals surface area contributed by atoms with Gasteiger partial charge in [-0.25, -0.2) is 4.98 Å². The lowest BCUT2D eigenvalue weighted by molar-refractivity contribution is 0.352. The maximum atomic E-state index is 4.58. The fourth-order valence-corrected chi connectivity index (χ4v) is 2.74. The molecule has 1 aromatic heterocycles. The Hall–Kier alpha value is -1.81. The smallest absolute Gasteiger partial charge is 0.207 e. The van der Waals surface area contributed by atoms with E-state index in [1.165, 1.54) is 25.9 Å². The number of nitrogens with zero attached hydrogens (tertiary/aromatic N) is 3. The quantitative estimate of drug-likeness (QED) is 0.907. The highest BCUT2D eigenvalue weighted by Gasteiger charge is 2.11. The Labute approximate surface area is 120 Å². The van der Waals surface area contributed by atoms with Gasteiger partial charge in [0, 0.05) is 25.0 Å². The molecule has 0 aliphatic carbocycles. The van der Waals surface area contributed by atoms with Crippen LogP contribution in [0.3, 0.4) is 0 Å². The van der Waals surface area contributed by atoms with Crippen LogP contribution in [-0.2, 0) is 0 Å². The zero-order valence-electron chi connectivity index (χ0n) is 12.0. The van der Waals surface area contributed by atoms with Gasteiger partial charge in [0.25, 0.3) is 0 Å². The van der Waals surface area contributed by atoms with Crippen LogP contribution < -0.4 is 5.32 Å². The number of hydrogen-bond acceptors (Lipinski definition) is 3. The molecule has 1 aliphatic rings. The number of aromatic nitrogens is 2. The predicted molar refractivity (Wildman–Crippen MR) is 82.5 cm³/mol. The van der Waals surface area contributed by atoms with Gasteiger partial charge in [0.15, 0.2) is 0 Å². The fourth-order valence-electron chi connectivity index (χ4n) is 2.74. The molecule has 0 saturated carbocycles. The molecule has 1 aliphatic heterocycles. The van der Waals surface area contributed by atoms with Crippen LogP contribution >= 0.6 is 0 Å². The number of anilines is 1. The van der Waals surface area contributed by atoms with Gasteiger partial charge in [-0.2, -0.15) is 0 Å². The van der Waals surface area contributed by atoms with Crippen molar-refractivity contribution in [3.8, 4) is 5.69 Å². The molecule has 1 fully saturated rings. The number of benzene rings is 1. The Bertz CT molecular complexity index is 541. The summed E-state index contributed by atoms with van der Waals surface area (Å²) in [5.74, 6) is 0.938. The highest BCUT2D eigenvalue weighted by Crippen LogP contribution is 2.16. The summed E-state index contributed by atoms with van der Waals surface area (Å²) in [5.41, 5.74) is 2.19. The average molecular weight is 270 g/mol. The molecule has 0 bridgehead atoms. The van der Waals surface area contributed by atoms with Crippen molar-refractivity contribution in [2.45, 2.75) is 19.8 Å². The van der Waals surface area contributed by atoms with Gasteiger partial charge in [-0.15, -0.1) is 0 Å². The van der Waals surface area contributed by atoms with E-state index in [2.05, 4.69) is 50.2 Å². The zero-order chi connectivity index (χ0) is 13.8. The van der Waals surface area contributed by atoms with E-state index in [0.717, 1.165) is 30.4 Å². The van der Waals surface area contributed by atoms with Gasteiger partial charge in [0.05, 0.1) is 5.69 Å². The van der Waals surface area contributed by atoms with E-state index in [-0.39, 0.29) is 0 Å². The van der Waals surface area contributed by atoms with Crippen LogP contribution in [0.15, 0.2) is 36.5 Å². The minimum absolute atomic E-state index is 0.938. The summed E-state index contributed by atoms with van der Waals surface area (Å²) >= 11 is 0. The van der Waals surface area contributed by atoms with Gasteiger partial charge in [-0.05, 0) is 45.0 Å². The number of hydrogen-bond donors (Lipinski definition) is 1. The molecule has 2 heterocycles. The molecular formula is C16H22N4. The van der Waals surface area contributed by atoms with Gasteiger partial charge in [0.1, 0.15) is 0 Å². The first-order chi connectivity index (χ1) is 9.83. The summed E-state index contributed by atoms with van der Waals surface area (Å²) in [6, 6.07) is 10.4. The van der Waals surface area contributed by atoms with E-state index >= 15 is 0 Å². The third kappa shape index (κ3) is 3.02. The fraction of sp³-hybridized carbons (Fsp3) is 0.438. The van der Waals surface area contributed by atoms with E-state index in [4.69, 9.17) is 0 Å². The molecule has 3 rings (SSSR count). The van der Waals surface area contributed by atoms with Crippen LogP contribution in [0.1, 0.15) is 18.5 Å². The van der Waals surface area contributed by atoms with Gasteiger partial charge in [-0.3, -0.25) is 4.57 Å². The third-order valence-corrected chi connectivity index (χ3v) is 3.77. The van der Waals surface area contributed by atoms with E-state index < -0.39 is 0 Å². The summed E-state index contributed by atoms with van der Waals surface area (Å²) < 4.78 is 2.12. The van der Waals surface area contributed by atoms with Crippen LogP contribution in [-0.4, -0.2) is 40.6 Å². The lowest BCUT2D eigenvalue weighted by Crippen LogP contribution is -2.26. The van der Waals surface area contributed by atoms with Crippen molar-refractivity contribution in [2.75, 3.05) is 31.5 Å². The van der Waals surface area contributed by atoms with Crippen LogP contribution in [0.2, 0.25) is 0 Å². The Morgan fingerprint density at radius 2 is 1.90 bits per heavy atom. The van der Waals surface area contributed by atoms with Crippen molar-refractivity contribution >= 4 is 5.95 Å². The minimum Gasteiger partial charge on any atom is -0.354 e. The Balaban J connectivity index is 1.66. The monoisotopic (exact) mass is 270 g/mol. The molecule has 0 unspecified atom stereocenters. The Kier molecular flexibility index (Phi) is 4.02. The van der Waals surface area contributed by atoms with Crippen molar-refractivity contribution < 1.29 is 0 Å². The lowest BCUT2D eigenvalue weighted by atomic mass is 10.3. The lowest BCUT2D eigenvalue weighted by Gasteiger charge is -2.15. The second-order valence-corrected chi connectivity index (χ2v) is 5.39. The first-order valence-electron chi connectivity index (χ1n) is 7.40. The molecule has 0 amide bonds. The molecule has 106 valence electrons. The predicted octanol–water partition coefficient (Wildman–Crippen LogP) is 2.69. The largest absolute Gasteiger partial charge is 0.354 e. The summed E-state index contributed by atoms with van der Waals surface area (Å²) in [6.45, 7) is 6.57. The van der Waals surface area contributed by atoms with E-state index in [1.807, 2.05) is 13.0 Å². The average Bonchev–Trinajstić information content (AvgIpc) is 3.10. The van der Waals surface area contributed by atoms with Crippen LogP contribution in [0.25, 0.3) is 5.69 Å². The number of nitrogens with one attached hydrogen (secondary N) is 1. The number of imidazole rings is 1. The van der Waals surface area contributed by atoms with E-state index in [9.17, 15) is 0 Å². The second kappa shape index (κ2) is 6.09. The number of para-hydroxylation sites is 1. The molecular weight excluding hydrogens is 248 g/mol. The van der Waals surface area contributed by atoms with Crippen molar-refractivity contribution in [3.05, 3.63) is 42.2 Å². The van der Waals surface area contributed by atoms with Crippen LogP contribution in [0.5, 0.6) is 0 Å². The summed E-state index contributed by atoms with van der Waals surface area (Å²) in [7, 11) is 0. The summed E-state index contributed by atoms with van der Waals surface area (Å²) in [4.78, 5) is 7.09. The topological polar surface area (TPSA) is 33.1 Å². The molecule has 0 atom stereocenters. The highest BCUT2D eigenvalue weighted by atomic mass is 15.2. The zero-order valence-corrected chi connectivity index (χ0v) is 12.0. The Morgan fingerprint density at radius 3 is 2.65 bits per heavy atom. The first-order valence-corrected chi connectivity index (χ1v) is 7.40. The Morgan fingerprint density at radius 1 is 1.15 bits per heavy atom. The van der Waals surface area contributed by atoms with Crippen molar-refractivity contribution in [2.24, 2.45) is 0 Å². The van der Waals surface area contributed by atoms with Crippen molar-refractivity contribution in [1.82, 2.24) is 14.5 Å². The van der Waals surface area contributed by atoms with E-state index in [0.29, 0.717) is 0 Å². The van der Waals surface area contributed by atoms with Crippen LogP contribution in [0, 0.1) is 6.92 Å². The molecule has 1 N–H and O–H groups in total. The van der Waals surface area contributed by atoms with E-state index in [1.54, 1.807) is 0 Å². The summed E-state index contributed by atoms with van der Waals surface area (Å²) in [6.07, 6.45) is 4.77. The maximum absolute atomic E-state index is 4.58. The highest BCUT2D eigenvalue weighted by molar-refractivity contribution is 5.42. The van der Waals surface area contributed by atoms with Crippen molar-refractivity contribution in [1.29, 1.82) is 0 Å². The van der Waals surface area contributed by atoms with Gasteiger partial charge in [0.2, 0.25) is 5.95 Å². The van der Waals surface area contributed by atoms with Gasteiger partial charge < -0.3 is 10.2 Å². The maximum Gasteiger partial charge on any atom is 0.207 e. The molecule has 2 aromatic rings. The first kappa shape index (κ1) is 13.2. The van der Waals surface area contributed by atoms with Gasteiger partial charge in [-0.1, -0.05) is 18.2 Å². The molecule has 0 spiro atoms. The molecule has 20 heavy (non-hydrogen) atoms. The molecule has 0 radical (unpaired) electrons. The SMILES string of the molecule is Cc1cn(-c2ccccc2)c(NCCN2CCCC2)n1. The number of likely N-dealkylation sites (tertiary alicyclic amines) is 1. The molecule has 1 aromatic carbocycles. The second-order valence-electron chi connectivity index (χ2n) is 5.39. The normalized spacial score (nSPS) is 15.7. The van der Waals surface area contributed by atoms with Gasteiger partial charge >= 0.3 is 0 Å². The molecule has 4 nitrogen and oxygen atoms in total. The number of aryl methyl sites for hydroxylation is 1. The third-order valence-electron chi connectivity index (χ3n) is 3.77. The molecule has 4 heteroatoms. The standard InChI is InChI=1S/C16H22N4/c1-14-13-20(15-7-3-2-4-8-15)16(18-14)17-9-12-19-10-5-6-11-19/h2-4,7-8,13H,5-6,9-12H2,1H3,(H,17,18). The number of rotatable bonds is 5. The minimum atomic E-state index is 0.938. The van der Waals surface area contributed by atoms with Crippen LogP contribution in [0.4, 0.5) is 5.95 Å². The van der Waals surface area contributed by atoms with Crippen molar-refractivity contribution in [3.63, 3.8) is 0 Å². The summed E-state index contributed by atoms with van der Waals surface area (Å²) in [5, 5.41) is 3.47. The molecule has 1 saturated heterocycles.